The fourth-order valence-corrected chi connectivity index (χ4v) is 11.3. The number of methoxy groups -OCH3 is 1. The summed E-state index contributed by atoms with van der Waals surface area (Å²) in [7, 11) is -0.105. The predicted octanol–water partition coefficient (Wildman–Crippen LogP) is 6.05. The van der Waals surface area contributed by atoms with Crippen molar-refractivity contribution in [2.75, 3.05) is 37.5 Å². The number of rotatable bonds is 3. The second-order valence-electron chi connectivity index (χ2n) is 15.1. The van der Waals surface area contributed by atoms with Crippen LogP contribution in [0, 0.1) is 17.8 Å². The second-order valence-corrected chi connectivity index (χ2v) is 17.5. The average molecular weight is 741 g/mol. The third-order valence-electron chi connectivity index (χ3n) is 12.0. The molecule has 0 saturated heterocycles. The third kappa shape index (κ3) is 5.61. The summed E-state index contributed by atoms with van der Waals surface area (Å²) < 4.78 is 36.5. The predicted molar refractivity (Wildman–Crippen MR) is 199 cm³/mol. The molecule has 2 bridgehead atoms. The lowest BCUT2D eigenvalue weighted by molar-refractivity contribution is -0.00148. The van der Waals surface area contributed by atoms with Gasteiger partial charge in [-0.15, -0.1) is 4.36 Å². The summed E-state index contributed by atoms with van der Waals surface area (Å²) in [5.74, 6) is -0.138. The summed E-state index contributed by atoms with van der Waals surface area (Å²) in [6.07, 6.45) is 12.4. The van der Waals surface area contributed by atoms with Gasteiger partial charge < -0.3 is 18.9 Å². The van der Waals surface area contributed by atoms with Gasteiger partial charge in [0.15, 0.2) is 5.65 Å². The first-order valence-corrected chi connectivity index (χ1v) is 20.1. The number of nitrogens with one attached hydrogen (secondary N) is 1. The Hall–Kier alpha value is -4.26. The summed E-state index contributed by atoms with van der Waals surface area (Å²) in [6.45, 7) is 2.01. The molecule has 1 saturated carbocycles. The van der Waals surface area contributed by atoms with Crippen molar-refractivity contribution >= 4 is 50.2 Å². The molecule has 1 unspecified atom stereocenters. The molecule has 13 heteroatoms. The first kappa shape index (κ1) is 33.6. The second kappa shape index (κ2) is 12.7. The molecule has 2 aromatic carbocycles. The molecule has 0 radical (unpaired) electrons. The highest BCUT2D eigenvalue weighted by Gasteiger charge is 2.47. The third-order valence-corrected chi connectivity index (χ3v) is 14.1. The first-order valence-electron chi connectivity index (χ1n) is 18.0. The minimum Gasteiger partial charge on any atom is -0.490 e. The summed E-state index contributed by atoms with van der Waals surface area (Å²) in [4.78, 5) is 39.1. The van der Waals surface area contributed by atoms with Crippen molar-refractivity contribution in [2.45, 2.75) is 50.0 Å². The molecule has 52 heavy (non-hydrogen) atoms. The molecular formula is C39H41ClN6O5S. The smallest absolute Gasteiger partial charge is 0.286 e. The van der Waals surface area contributed by atoms with Gasteiger partial charge in [-0.25, -0.2) is 9.19 Å². The van der Waals surface area contributed by atoms with Gasteiger partial charge in [0.2, 0.25) is 0 Å². The number of carbonyl (C=O) groups is 2. The van der Waals surface area contributed by atoms with Gasteiger partial charge in [0, 0.05) is 61.8 Å². The summed E-state index contributed by atoms with van der Waals surface area (Å²) in [5.41, 5.74) is 5.57. The fraction of sp³-hybridized carbons (Fsp3) is 0.436. The van der Waals surface area contributed by atoms with Gasteiger partial charge in [-0.3, -0.25) is 19.3 Å². The molecule has 1 N–H and O–H groups in total. The Morgan fingerprint density at radius 3 is 2.81 bits per heavy atom. The topological polar surface area (TPSA) is 128 Å². The zero-order valence-electron chi connectivity index (χ0n) is 29.2. The number of carbonyl (C=O) groups excluding carboxylic acids is 2. The zero-order valence-corrected chi connectivity index (χ0v) is 30.8. The van der Waals surface area contributed by atoms with Crippen LogP contribution in [0.5, 0.6) is 5.75 Å². The lowest BCUT2D eigenvalue weighted by Gasteiger charge is -2.48. The Morgan fingerprint density at radius 1 is 1.15 bits per heavy atom. The number of allylic oxidation sites excluding steroid dienone is 1. The van der Waals surface area contributed by atoms with E-state index in [1.54, 1.807) is 37.2 Å². The average Bonchev–Trinajstić information content (AvgIpc) is 3.37. The number of hydrogen-bond acceptors (Lipinski definition) is 8. The molecule has 2 amide bonds. The minimum absolute atomic E-state index is 0.00384. The van der Waals surface area contributed by atoms with Gasteiger partial charge in [0.05, 0.1) is 29.7 Å². The van der Waals surface area contributed by atoms with Crippen LogP contribution in [0.1, 0.15) is 63.9 Å². The van der Waals surface area contributed by atoms with Gasteiger partial charge in [-0.1, -0.05) is 23.7 Å². The molecule has 1 fully saturated rings. The molecule has 3 aliphatic carbocycles. The molecule has 2 aromatic heterocycles. The van der Waals surface area contributed by atoms with E-state index in [4.69, 9.17) is 21.1 Å². The van der Waals surface area contributed by atoms with Crippen LogP contribution in [0.15, 0.2) is 71.0 Å². The van der Waals surface area contributed by atoms with E-state index in [-0.39, 0.29) is 34.7 Å². The Morgan fingerprint density at radius 2 is 2.02 bits per heavy atom. The molecule has 11 nitrogen and oxygen atoms in total. The van der Waals surface area contributed by atoms with Crippen LogP contribution in [0.3, 0.4) is 0 Å². The number of ether oxygens (including phenoxy) is 2. The van der Waals surface area contributed by atoms with Crippen molar-refractivity contribution in [2.24, 2.45) is 29.2 Å². The molecule has 9 rings (SSSR count). The van der Waals surface area contributed by atoms with Crippen molar-refractivity contribution in [3.05, 3.63) is 93.9 Å². The monoisotopic (exact) mass is 740 g/mol. The minimum atomic E-state index is -3.62. The maximum Gasteiger partial charge on any atom is 0.286 e. The van der Waals surface area contributed by atoms with E-state index in [1.165, 1.54) is 17.3 Å². The van der Waals surface area contributed by atoms with Crippen molar-refractivity contribution in [3.8, 4) is 5.75 Å². The Balaban J connectivity index is 1.14. The molecule has 6 atom stereocenters. The van der Waals surface area contributed by atoms with Crippen LogP contribution < -0.4 is 14.4 Å². The van der Waals surface area contributed by atoms with Crippen molar-refractivity contribution < 1.29 is 23.3 Å². The molecule has 1 spiro atoms. The van der Waals surface area contributed by atoms with Crippen LogP contribution >= 0.6 is 11.6 Å². The van der Waals surface area contributed by atoms with Gasteiger partial charge in [0.25, 0.3) is 11.8 Å². The molecule has 2 aliphatic heterocycles. The highest BCUT2D eigenvalue weighted by molar-refractivity contribution is 7.92. The summed E-state index contributed by atoms with van der Waals surface area (Å²) >= 11 is 6.46. The van der Waals surface area contributed by atoms with Crippen LogP contribution in [-0.2, 0) is 33.5 Å². The van der Waals surface area contributed by atoms with Crippen molar-refractivity contribution in [3.63, 3.8) is 0 Å². The molecule has 4 aromatic rings. The van der Waals surface area contributed by atoms with E-state index in [0.29, 0.717) is 41.4 Å². The van der Waals surface area contributed by atoms with Gasteiger partial charge in [0.1, 0.15) is 21.2 Å². The Bertz CT molecular complexity index is 2300. The number of halogens is 1. The maximum absolute atomic E-state index is 14.9. The quantitative estimate of drug-likeness (QED) is 0.252. The number of benzene rings is 2. The van der Waals surface area contributed by atoms with E-state index < -0.39 is 21.7 Å². The van der Waals surface area contributed by atoms with Crippen LogP contribution in [0.25, 0.3) is 11.2 Å². The number of amides is 2. The number of fused-ring (bicyclic) bond motifs is 6. The number of aromatic nitrogens is 3. The van der Waals surface area contributed by atoms with Crippen LogP contribution in [0.4, 0.5) is 5.69 Å². The number of aryl methyl sites for hydroxylation is 2. The SMILES string of the molecule is CO[C@H]1C2=CC[C@@H]2CS(=O)(NC(=O)c2cn(C)c3nccnc23)=NC(=O)c2ccc3c(c2)N(C[C@@H]2CC[C@H]21)C[C@@]1(CCCc2cc(Cl)ccc21)CO3. The number of anilines is 1. The van der Waals surface area contributed by atoms with Crippen molar-refractivity contribution in [1.29, 1.82) is 0 Å². The molecule has 5 aliphatic rings. The maximum atomic E-state index is 14.9. The lowest BCUT2D eigenvalue weighted by Crippen LogP contribution is -2.51. The van der Waals surface area contributed by atoms with Gasteiger partial charge >= 0.3 is 0 Å². The van der Waals surface area contributed by atoms with E-state index >= 15 is 0 Å². The molecule has 4 heterocycles. The number of nitrogens with zero attached hydrogens (tertiary/aromatic N) is 5. The highest BCUT2D eigenvalue weighted by Crippen LogP contribution is 2.49. The fourth-order valence-electron chi connectivity index (χ4n) is 9.26. The van der Waals surface area contributed by atoms with E-state index in [0.717, 1.165) is 61.5 Å². The normalized spacial score (nSPS) is 29.5. The van der Waals surface area contributed by atoms with Crippen LogP contribution in [-0.4, -0.2) is 69.2 Å². The first-order chi connectivity index (χ1) is 25.1. The zero-order chi connectivity index (χ0) is 35.8. The van der Waals surface area contributed by atoms with E-state index in [1.807, 2.05) is 18.2 Å². The Labute approximate surface area is 308 Å². The van der Waals surface area contributed by atoms with E-state index in [9.17, 15) is 13.8 Å². The van der Waals surface area contributed by atoms with E-state index in [2.05, 4.69) is 42.2 Å². The molecular weight excluding hydrogens is 700 g/mol. The number of hydrogen-bond donors (Lipinski definition) is 1. The standard InChI is InChI=1S/C39H41ClN6O5S/c1-45-19-30(34-36(45)42-15-14-41-34)38(48)44-52(49)20-26-6-10-29(26)35(50-2)28-9-5-25(28)18-46-21-39(13-3-4-23-16-27(40)8-11-31(23)39)22-51-33-12-7-24(17-32(33)46)37(47)43-52/h7-8,10-12,14-17,19,25-26,28,35H,3-6,9,13,18,20-22H2,1-2H3,(H,43,44,47,48,49)/t25-,26+,28+,35+,39-,52?/m0/s1. The molecule has 270 valence electrons. The van der Waals surface area contributed by atoms with Crippen LogP contribution in [0.2, 0.25) is 5.02 Å². The Kier molecular flexibility index (Phi) is 8.20. The van der Waals surface area contributed by atoms with Gasteiger partial charge in [-0.05, 0) is 103 Å². The summed E-state index contributed by atoms with van der Waals surface area (Å²) in [6, 6.07) is 11.6. The summed E-state index contributed by atoms with van der Waals surface area (Å²) in [5, 5.41) is 0.740. The lowest BCUT2D eigenvalue weighted by atomic mass is 9.65. The highest BCUT2D eigenvalue weighted by atomic mass is 35.5. The van der Waals surface area contributed by atoms with Crippen molar-refractivity contribution in [1.82, 2.24) is 19.3 Å². The largest absolute Gasteiger partial charge is 0.490 e. The van der Waals surface area contributed by atoms with Gasteiger partial charge in [-0.2, -0.15) is 0 Å².